The van der Waals surface area contributed by atoms with Crippen LogP contribution in [0, 0.1) is 5.82 Å². The van der Waals surface area contributed by atoms with Gasteiger partial charge in [0.05, 0.1) is 13.7 Å². The van der Waals surface area contributed by atoms with Crippen molar-refractivity contribution in [1.29, 1.82) is 0 Å². The zero-order chi connectivity index (χ0) is 15.4. The monoisotopic (exact) mass is 292 g/mol. The average Bonchev–Trinajstić information content (AvgIpc) is 2.47. The fraction of sp³-hybridized carbons (Fsp3) is 0.214. The lowest BCUT2D eigenvalue weighted by molar-refractivity contribution is 0.0521. The summed E-state index contributed by atoms with van der Waals surface area (Å²) < 4.78 is 23.0. The van der Waals surface area contributed by atoms with Gasteiger partial charge in [-0.05, 0) is 25.1 Å². The largest absolute Gasteiger partial charge is 0.494 e. The summed E-state index contributed by atoms with van der Waals surface area (Å²) in [6, 6.07) is 4.04. The molecule has 1 heterocycles. The fourth-order valence-corrected chi connectivity index (χ4v) is 1.66. The first-order valence-corrected chi connectivity index (χ1v) is 6.13. The summed E-state index contributed by atoms with van der Waals surface area (Å²) in [5.74, 6) is -1.56. The zero-order valence-electron chi connectivity index (χ0n) is 11.5. The average molecular weight is 292 g/mol. The van der Waals surface area contributed by atoms with Gasteiger partial charge in [0.1, 0.15) is 5.56 Å². The normalized spacial score (nSPS) is 10.2. The van der Waals surface area contributed by atoms with Crippen LogP contribution >= 0.6 is 0 Å². The number of ether oxygens (including phenoxy) is 2. The molecular formula is C14H13FN2O4. The van der Waals surface area contributed by atoms with E-state index in [2.05, 4.69) is 9.97 Å². The van der Waals surface area contributed by atoms with Crippen molar-refractivity contribution in [2.24, 2.45) is 0 Å². The molecule has 1 aromatic heterocycles. The third-order valence-corrected chi connectivity index (χ3v) is 2.67. The van der Waals surface area contributed by atoms with E-state index in [0.717, 1.165) is 6.20 Å². The summed E-state index contributed by atoms with van der Waals surface area (Å²) in [5, 5.41) is 9.77. The predicted molar refractivity (Wildman–Crippen MR) is 71.6 cm³/mol. The van der Waals surface area contributed by atoms with E-state index in [9.17, 15) is 14.3 Å². The molecule has 0 amide bonds. The molecule has 0 radical (unpaired) electrons. The quantitative estimate of drug-likeness (QED) is 0.870. The topological polar surface area (TPSA) is 81.5 Å². The molecule has 7 heteroatoms. The van der Waals surface area contributed by atoms with Crippen molar-refractivity contribution in [1.82, 2.24) is 9.97 Å². The molecule has 0 aliphatic heterocycles. The van der Waals surface area contributed by atoms with Crippen LogP contribution in [0.5, 0.6) is 11.6 Å². The van der Waals surface area contributed by atoms with Crippen LogP contribution in [-0.2, 0) is 4.74 Å². The van der Waals surface area contributed by atoms with Crippen molar-refractivity contribution in [2.45, 2.75) is 6.92 Å². The van der Waals surface area contributed by atoms with Gasteiger partial charge in [-0.1, -0.05) is 0 Å². The molecule has 0 unspecified atom stereocenters. The van der Waals surface area contributed by atoms with Crippen LogP contribution in [-0.4, -0.2) is 34.8 Å². The van der Waals surface area contributed by atoms with Gasteiger partial charge in [-0.3, -0.25) is 0 Å². The van der Waals surface area contributed by atoms with Crippen molar-refractivity contribution >= 4 is 5.97 Å². The van der Waals surface area contributed by atoms with Crippen LogP contribution in [0.15, 0.2) is 24.4 Å². The van der Waals surface area contributed by atoms with Gasteiger partial charge >= 0.3 is 5.97 Å². The van der Waals surface area contributed by atoms with Crippen molar-refractivity contribution in [2.75, 3.05) is 13.7 Å². The molecular weight excluding hydrogens is 279 g/mol. The van der Waals surface area contributed by atoms with E-state index in [1.54, 1.807) is 6.92 Å². The highest BCUT2D eigenvalue weighted by molar-refractivity contribution is 5.91. The molecule has 21 heavy (non-hydrogen) atoms. The highest BCUT2D eigenvalue weighted by Crippen LogP contribution is 2.26. The van der Waals surface area contributed by atoms with E-state index in [1.165, 1.54) is 25.3 Å². The lowest BCUT2D eigenvalue weighted by Crippen LogP contribution is -2.07. The molecule has 0 atom stereocenters. The minimum Gasteiger partial charge on any atom is -0.494 e. The van der Waals surface area contributed by atoms with E-state index in [-0.39, 0.29) is 23.7 Å². The van der Waals surface area contributed by atoms with Crippen LogP contribution < -0.4 is 4.74 Å². The van der Waals surface area contributed by atoms with Crippen molar-refractivity contribution < 1.29 is 23.8 Å². The third kappa shape index (κ3) is 3.07. The highest BCUT2D eigenvalue weighted by Gasteiger charge is 2.16. The van der Waals surface area contributed by atoms with Crippen molar-refractivity contribution in [3.63, 3.8) is 0 Å². The van der Waals surface area contributed by atoms with E-state index >= 15 is 0 Å². The Kier molecular flexibility index (Phi) is 4.32. The number of methoxy groups -OCH3 is 1. The number of aromatic hydroxyl groups is 1. The Bertz CT molecular complexity index is 676. The molecule has 0 saturated carbocycles. The number of hydrogen-bond acceptors (Lipinski definition) is 6. The van der Waals surface area contributed by atoms with Crippen LogP contribution in [0.1, 0.15) is 17.3 Å². The molecule has 2 aromatic rings. The molecule has 0 aliphatic carbocycles. The molecule has 1 aromatic carbocycles. The Morgan fingerprint density at radius 3 is 2.81 bits per heavy atom. The maximum absolute atomic E-state index is 13.3. The number of carbonyl (C=O) groups is 1. The minimum absolute atomic E-state index is 0.0325. The fourth-order valence-electron chi connectivity index (χ4n) is 1.66. The van der Waals surface area contributed by atoms with E-state index in [4.69, 9.17) is 9.47 Å². The van der Waals surface area contributed by atoms with Gasteiger partial charge in [0.25, 0.3) is 0 Å². The lowest BCUT2D eigenvalue weighted by Gasteiger charge is -2.07. The molecule has 0 saturated heterocycles. The second-order valence-electron chi connectivity index (χ2n) is 4.00. The van der Waals surface area contributed by atoms with Crippen LogP contribution in [0.4, 0.5) is 4.39 Å². The first-order valence-electron chi connectivity index (χ1n) is 6.13. The van der Waals surface area contributed by atoms with Crippen LogP contribution in [0.25, 0.3) is 11.4 Å². The first kappa shape index (κ1) is 14.7. The number of nitrogens with zero attached hydrogens (tertiary/aromatic N) is 2. The van der Waals surface area contributed by atoms with E-state index < -0.39 is 17.7 Å². The molecule has 0 spiro atoms. The van der Waals surface area contributed by atoms with Gasteiger partial charge in [0.15, 0.2) is 17.4 Å². The Morgan fingerprint density at radius 2 is 2.19 bits per heavy atom. The molecule has 1 N–H and O–H groups in total. The summed E-state index contributed by atoms with van der Waals surface area (Å²) in [6.45, 7) is 1.82. The number of hydrogen-bond donors (Lipinski definition) is 1. The summed E-state index contributed by atoms with van der Waals surface area (Å²) in [4.78, 5) is 19.3. The molecule has 0 fully saturated rings. The van der Waals surface area contributed by atoms with Crippen LogP contribution in [0.2, 0.25) is 0 Å². The second kappa shape index (κ2) is 6.17. The third-order valence-electron chi connectivity index (χ3n) is 2.67. The number of halogens is 1. The molecule has 0 aliphatic rings. The van der Waals surface area contributed by atoms with Gasteiger partial charge in [0, 0.05) is 11.8 Å². The van der Waals surface area contributed by atoms with Crippen molar-refractivity contribution in [3.8, 4) is 23.0 Å². The smallest absolute Gasteiger partial charge is 0.345 e. The molecule has 2 rings (SSSR count). The number of esters is 1. The van der Waals surface area contributed by atoms with Crippen molar-refractivity contribution in [3.05, 3.63) is 35.8 Å². The number of rotatable bonds is 4. The number of carbonyl (C=O) groups excluding carboxylic acids is 1. The SMILES string of the molecule is CCOC(=O)c1cnc(-c2ccc(F)c(OC)c2)nc1O. The maximum atomic E-state index is 13.3. The van der Waals surface area contributed by atoms with Gasteiger partial charge in [-0.2, -0.15) is 4.98 Å². The molecule has 110 valence electrons. The number of benzene rings is 1. The zero-order valence-corrected chi connectivity index (χ0v) is 11.5. The summed E-state index contributed by atoms with van der Waals surface area (Å²) in [7, 11) is 1.34. The number of aromatic nitrogens is 2. The van der Waals surface area contributed by atoms with Gasteiger partial charge in [-0.25, -0.2) is 14.2 Å². The summed E-state index contributed by atoms with van der Waals surface area (Å²) in [5.41, 5.74) is 0.314. The van der Waals surface area contributed by atoms with Gasteiger partial charge in [-0.15, -0.1) is 0 Å². The Balaban J connectivity index is 2.38. The Hall–Kier alpha value is -2.70. The van der Waals surface area contributed by atoms with Gasteiger partial charge < -0.3 is 14.6 Å². The minimum atomic E-state index is -0.710. The van der Waals surface area contributed by atoms with Crippen LogP contribution in [0.3, 0.4) is 0 Å². The second-order valence-corrected chi connectivity index (χ2v) is 4.00. The van der Waals surface area contributed by atoms with E-state index in [1.807, 2.05) is 0 Å². The molecule has 6 nitrogen and oxygen atoms in total. The molecule has 0 bridgehead atoms. The summed E-state index contributed by atoms with van der Waals surface area (Å²) >= 11 is 0. The first-order chi connectivity index (χ1) is 10.1. The lowest BCUT2D eigenvalue weighted by atomic mass is 10.2. The summed E-state index contributed by atoms with van der Waals surface area (Å²) in [6.07, 6.45) is 1.16. The Labute approximate surface area is 120 Å². The maximum Gasteiger partial charge on any atom is 0.345 e. The van der Waals surface area contributed by atoms with Gasteiger partial charge in [0.2, 0.25) is 5.88 Å². The Morgan fingerprint density at radius 1 is 1.43 bits per heavy atom. The standard InChI is InChI=1S/C14H13FN2O4/c1-3-21-14(19)9-7-16-12(17-13(9)18)8-4-5-10(15)11(6-8)20-2/h4-7H,3H2,1-2H3,(H,16,17,18). The van der Waals surface area contributed by atoms with E-state index in [0.29, 0.717) is 5.56 Å². The predicted octanol–water partition coefficient (Wildman–Crippen LogP) is 2.17. The highest BCUT2D eigenvalue weighted by atomic mass is 19.1.